The number of nitrogens with zero attached hydrogens (tertiary/aromatic N) is 3. The van der Waals surface area contributed by atoms with E-state index in [0.29, 0.717) is 24.3 Å². The third-order valence-corrected chi connectivity index (χ3v) is 6.36. The summed E-state index contributed by atoms with van der Waals surface area (Å²) in [6, 6.07) is 17.5. The molecule has 38 heavy (non-hydrogen) atoms. The third-order valence-electron chi connectivity index (χ3n) is 6.36. The number of benzene rings is 2. The van der Waals surface area contributed by atoms with Gasteiger partial charge in [-0.3, -0.25) is 9.67 Å². The molecule has 3 N–H and O–H groups in total. The molecule has 10 nitrogen and oxygen atoms in total. The van der Waals surface area contributed by atoms with Gasteiger partial charge in [-0.25, -0.2) is 9.59 Å². The second-order valence-electron chi connectivity index (χ2n) is 9.04. The number of aromatic nitrogens is 3. The van der Waals surface area contributed by atoms with E-state index in [1.165, 1.54) is 4.68 Å². The molecule has 3 heterocycles. The average molecular weight is 516 g/mol. The molecule has 1 unspecified atom stereocenters. The molecule has 0 fully saturated rings. The lowest BCUT2D eigenvalue weighted by Crippen LogP contribution is -2.44. The smallest absolute Gasteiger partial charge is 0.408 e. The standard InChI is InChI=1S/C28H29N5O5/c34-27(35)24(32-28(36)38-18-19-6-2-1-3-7-19)17-33-25-9-4-10-26(21(25)16-30-33)37-15-13-20-11-12-22-23(31-20)8-5-14-29-22/h1-4,6-7,9-12,16,24,29H,5,8,13-15,17-18H2,(H,32,36)(H,34,35). The van der Waals surface area contributed by atoms with Crippen LogP contribution in [0.5, 0.6) is 5.75 Å². The number of ether oxygens (including phenoxy) is 2. The molecular weight excluding hydrogens is 486 g/mol. The van der Waals surface area contributed by atoms with Gasteiger partial charge in [-0.2, -0.15) is 5.10 Å². The molecule has 2 aromatic carbocycles. The fourth-order valence-electron chi connectivity index (χ4n) is 4.40. The van der Waals surface area contributed by atoms with Crippen molar-refractivity contribution in [3.63, 3.8) is 0 Å². The summed E-state index contributed by atoms with van der Waals surface area (Å²) in [5.74, 6) is -0.541. The number of hydrogen-bond donors (Lipinski definition) is 3. The highest BCUT2D eigenvalue weighted by molar-refractivity contribution is 5.85. The Labute approximate surface area is 219 Å². The Bertz CT molecular complexity index is 1420. The van der Waals surface area contributed by atoms with Gasteiger partial charge in [0.15, 0.2) is 0 Å². The van der Waals surface area contributed by atoms with Crippen LogP contribution in [0.2, 0.25) is 0 Å². The van der Waals surface area contributed by atoms with Crippen molar-refractivity contribution in [3.8, 4) is 5.75 Å². The van der Waals surface area contributed by atoms with Crippen LogP contribution < -0.4 is 15.4 Å². The lowest BCUT2D eigenvalue weighted by atomic mass is 10.1. The van der Waals surface area contributed by atoms with Gasteiger partial charge in [0.25, 0.3) is 0 Å². The van der Waals surface area contributed by atoms with Gasteiger partial charge in [-0.1, -0.05) is 36.4 Å². The van der Waals surface area contributed by atoms with Gasteiger partial charge < -0.3 is 25.2 Å². The Morgan fingerprint density at radius 2 is 1.97 bits per heavy atom. The van der Waals surface area contributed by atoms with Gasteiger partial charge in [0, 0.05) is 18.7 Å². The van der Waals surface area contributed by atoms with Crippen LogP contribution in [-0.2, 0) is 35.5 Å². The first-order chi connectivity index (χ1) is 18.6. The molecule has 5 rings (SSSR count). The second-order valence-corrected chi connectivity index (χ2v) is 9.04. The molecule has 0 radical (unpaired) electrons. The van der Waals surface area contributed by atoms with Gasteiger partial charge in [0.05, 0.1) is 41.6 Å². The third kappa shape index (κ3) is 6.03. The number of aliphatic carboxylic acids is 1. The number of rotatable bonds is 10. The Balaban J connectivity index is 1.20. The molecule has 196 valence electrons. The molecule has 1 aliphatic rings. The Hall–Kier alpha value is -4.60. The van der Waals surface area contributed by atoms with E-state index >= 15 is 0 Å². The molecular formula is C28H29N5O5. The van der Waals surface area contributed by atoms with Crippen molar-refractivity contribution in [2.24, 2.45) is 0 Å². The predicted octanol–water partition coefficient (Wildman–Crippen LogP) is 3.79. The summed E-state index contributed by atoms with van der Waals surface area (Å²) in [6.45, 7) is 1.39. The summed E-state index contributed by atoms with van der Waals surface area (Å²) in [7, 11) is 0. The van der Waals surface area contributed by atoms with Crippen molar-refractivity contribution in [2.45, 2.75) is 38.5 Å². The first-order valence-electron chi connectivity index (χ1n) is 12.6. The van der Waals surface area contributed by atoms with Gasteiger partial charge in [-0.05, 0) is 42.7 Å². The summed E-state index contributed by atoms with van der Waals surface area (Å²) < 4.78 is 12.8. The summed E-state index contributed by atoms with van der Waals surface area (Å²) in [6.07, 6.45) is 3.55. The van der Waals surface area contributed by atoms with Crippen molar-refractivity contribution in [3.05, 3.63) is 83.8 Å². The van der Waals surface area contributed by atoms with E-state index in [2.05, 4.69) is 21.8 Å². The monoisotopic (exact) mass is 515 g/mol. The van der Waals surface area contributed by atoms with Crippen LogP contribution >= 0.6 is 0 Å². The topological polar surface area (TPSA) is 128 Å². The van der Waals surface area contributed by atoms with Gasteiger partial charge in [-0.15, -0.1) is 0 Å². The fourth-order valence-corrected chi connectivity index (χ4v) is 4.40. The maximum absolute atomic E-state index is 12.2. The van der Waals surface area contributed by atoms with E-state index in [4.69, 9.17) is 14.5 Å². The zero-order valence-corrected chi connectivity index (χ0v) is 20.8. The Morgan fingerprint density at radius 3 is 2.82 bits per heavy atom. The number of fused-ring (bicyclic) bond motifs is 2. The maximum atomic E-state index is 12.2. The molecule has 1 aliphatic heterocycles. The van der Waals surface area contributed by atoms with Crippen LogP contribution in [0.25, 0.3) is 10.9 Å². The number of carboxylic acids is 1. The minimum Gasteiger partial charge on any atom is -0.492 e. The Kier molecular flexibility index (Phi) is 7.67. The normalized spacial score (nSPS) is 13.3. The van der Waals surface area contributed by atoms with Crippen molar-refractivity contribution >= 4 is 28.7 Å². The number of amides is 1. The summed E-state index contributed by atoms with van der Waals surface area (Å²) >= 11 is 0. The van der Waals surface area contributed by atoms with Gasteiger partial charge in [0.2, 0.25) is 0 Å². The van der Waals surface area contributed by atoms with Crippen LogP contribution in [-0.4, -0.2) is 51.1 Å². The molecule has 1 amide bonds. The summed E-state index contributed by atoms with van der Waals surface area (Å²) in [5, 5.41) is 20.6. The van der Waals surface area contributed by atoms with Crippen molar-refractivity contribution in [1.29, 1.82) is 0 Å². The van der Waals surface area contributed by atoms with Crippen LogP contribution in [0.1, 0.15) is 23.4 Å². The largest absolute Gasteiger partial charge is 0.492 e. The number of carboxylic acid groups (broad SMARTS) is 1. The lowest BCUT2D eigenvalue weighted by Gasteiger charge is -2.17. The highest BCUT2D eigenvalue weighted by atomic mass is 16.5. The van der Waals surface area contributed by atoms with E-state index in [1.54, 1.807) is 6.20 Å². The van der Waals surface area contributed by atoms with Gasteiger partial charge in [0.1, 0.15) is 18.4 Å². The first-order valence-corrected chi connectivity index (χ1v) is 12.6. The van der Waals surface area contributed by atoms with Crippen LogP contribution in [0, 0.1) is 0 Å². The van der Waals surface area contributed by atoms with Crippen LogP contribution in [0.4, 0.5) is 10.5 Å². The number of nitrogens with one attached hydrogen (secondary N) is 2. The number of pyridine rings is 1. The number of hydrogen-bond acceptors (Lipinski definition) is 7. The maximum Gasteiger partial charge on any atom is 0.408 e. The van der Waals surface area contributed by atoms with E-state index < -0.39 is 18.1 Å². The minimum atomic E-state index is -1.23. The zero-order chi connectivity index (χ0) is 26.3. The molecule has 0 saturated carbocycles. The molecule has 2 aromatic heterocycles. The molecule has 0 bridgehead atoms. The summed E-state index contributed by atoms with van der Waals surface area (Å²) in [4.78, 5) is 28.9. The second kappa shape index (κ2) is 11.6. The highest BCUT2D eigenvalue weighted by Gasteiger charge is 2.23. The first kappa shape index (κ1) is 25.1. The molecule has 4 aromatic rings. The van der Waals surface area contributed by atoms with Gasteiger partial charge >= 0.3 is 12.1 Å². The average Bonchev–Trinajstić information content (AvgIpc) is 3.35. The number of alkyl carbamates (subject to hydrolysis) is 1. The Morgan fingerprint density at radius 1 is 1.11 bits per heavy atom. The minimum absolute atomic E-state index is 0.0439. The molecule has 1 atom stereocenters. The molecule has 10 heteroatoms. The van der Waals surface area contributed by atoms with Crippen molar-refractivity contribution in [1.82, 2.24) is 20.1 Å². The number of aryl methyl sites for hydroxylation is 1. The molecule has 0 spiro atoms. The summed E-state index contributed by atoms with van der Waals surface area (Å²) in [5.41, 5.74) is 4.69. The quantitative estimate of drug-likeness (QED) is 0.291. The van der Waals surface area contributed by atoms with Crippen LogP contribution in [0.15, 0.2) is 66.9 Å². The number of carbonyl (C=O) groups is 2. The molecule has 0 saturated heterocycles. The predicted molar refractivity (Wildman–Crippen MR) is 141 cm³/mol. The highest BCUT2D eigenvalue weighted by Crippen LogP contribution is 2.26. The van der Waals surface area contributed by atoms with E-state index in [9.17, 15) is 14.7 Å². The number of anilines is 1. The number of carbonyl (C=O) groups excluding carboxylic acids is 1. The fraction of sp³-hybridized carbons (Fsp3) is 0.286. The van der Waals surface area contributed by atoms with Crippen molar-refractivity contribution in [2.75, 3.05) is 18.5 Å². The van der Waals surface area contributed by atoms with E-state index in [-0.39, 0.29) is 13.2 Å². The lowest BCUT2D eigenvalue weighted by molar-refractivity contribution is -0.139. The SMILES string of the molecule is O=C(NC(Cn1ncc2c(OCCc3ccc4c(n3)CCCN4)cccc21)C(=O)O)OCc1ccccc1. The van der Waals surface area contributed by atoms with Crippen molar-refractivity contribution < 1.29 is 24.2 Å². The van der Waals surface area contributed by atoms with Crippen LogP contribution in [0.3, 0.4) is 0 Å². The zero-order valence-electron chi connectivity index (χ0n) is 20.8. The van der Waals surface area contributed by atoms with E-state index in [1.807, 2.05) is 54.6 Å². The van der Waals surface area contributed by atoms with E-state index in [0.717, 1.165) is 47.4 Å². The molecule has 0 aliphatic carbocycles.